The van der Waals surface area contributed by atoms with E-state index in [0.717, 1.165) is 12.7 Å². The highest BCUT2D eigenvalue weighted by Gasteiger charge is 2.26. The molecule has 2 unspecified atom stereocenters. The van der Waals surface area contributed by atoms with Gasteiger partial charge in [0.1, 0.15) is 6.10 Å². The van der Waals surface area contributed by atoms with Crippen LogP contribution in [-0.2, 0) is 19.0 Å². The first-order chi connectivity index (χ1) is 10.0. The van der Waals surface area contributed by atoms with Gasteiger partial charge in [0.15, 0.2) is 12.4 Å². The van der Waals surface area contributed by atoms with Crippen molar-refractivity contribution in [1.82, 2.24) is 0 Å². The lowest BCUT2D eigenvalue weighted by molar-refractivity contribution is -0.156. The zero-order chi connectivity index (χ0) is 15.8. The molecule has 0 amide bonds. The Hall–Kier alpha value is -1.47. The number of methoxy groups -OCH3 is 1. The maximum absolute atomic E-state index is 11.2. The smallest absolute Gasteiger partial charge is 0.337 e. The highest BCUT2D eigenvalue weighted by Crippen LogP contribution is 2.23. The minimum atomic E-state index is -1.62. The Morgan fingerprint density at radius 3 is 1.95 bits per heavy atom. The first-order valence-corrected chi connectivity index (χ1v) is 6.82. The van der Waals surface area contributed by atoms with Gasteiger partial charge in [0.2, 0.25) is 0 Å². The number of benzene rings is 1. The largest absolute Gasteiger partial charge is 0.467 e. The van der Waals surface area contributed by atoms with E-state index in [-0.39, 0.29) is 0 Å². The van der Waals surface area contributed by atoms with Crippen molar-refractivity contribution in [3.05, 3.63) is 35.4 Å². The molecule has 0 saturated carbocycles. The summed E-state index contributed by atoms with van der Waals surface area (Å²) in [6.07, 6.45) is -3.43. The summed E-state index contributed by atoms with van der Waals surface area (Å²) < 4.78 is 15.3. The number of aliphatic hydroxyl groups excluding tert-OH is 2. The van der Waals surface area contributed by atoms with Gasteiger partial charge in [-0.3, -0.25) is 0 Å². The van der Waals surface area contributed by atoms with Gasteiger partial charge in [-0.2, -0.15) is 0 Å². The first-order valence-electron chi connectivity index (χ1n) is 6.82. The van der Waals surface area contributed by atoms with Crippen LogP contribution in [0.15, 0.2) is 24.3 Å². The zero-order valence-electron chi connectivity index (χ0n) is 12.5. The lowest BCUT2D eigenvalue weighted by atomic mass is 10.0. The summed E-state index contributed by atoms with van der Waals surface area (Å²) in [5, 5.41) is 19.5. The Morgan fingerprint density at radius 2 is 1.52 bits per heavy atom. The van der Waals surface area contributed by atoms with Crippen LogP contribution in [0.25, 0.3) is 0 Å². The number of carbonyl (C=O) groups excluding carboxylic acids is 1. The minimum absolute atomic E-state index is 0.406. The molecule has 21 heavy (non-hydrogen) atoms. The predicted molar refractivity (Wildman–Crippen MR) is 75.4 cm³/mol. The van der Waals surface area contributed by atoms with Crippen LogP contribution >= 0.6 is 0 Å². The molecule has 0 heterocycles. The molecule has 0 bridgehead atoms. The topological polar surface area (TPSA) is 85.2 Å². The molecule has 0 aliphatic rings. The van der Waals surface area contributed by atoms with Gasteiger partial charge in [0.25, 0.3) is 0 Å². The van der Waals surface area contributed by atoms with Gasteiger partial charge < -0.3 is 24.4 Å². The molecule has 118 valence electrons. The molecule has 0 saturated heterocycles. The molecule has 0 aromatic heterocycles. The van der Waals surface area contributed by atoms with Crippen LogP contribution in [0.4, 0.5) is 0 Å². The minimum Gasteiger partial charge on any atom is -0.467 e. The Morgan fingerprint density at radius 1 is 1.05 bits per heavy atom. The second-order valence-electron chi connectivity index (χ2n) is 4.32. The van der Waals surface area contributed by atoms with Crippen LogP contribution in [-0.4, -0.2) is 42.6 Å². The van der Waals surface area contributed by atoms with E-state index < -0.39 is 24.5 Å². The molecule has 6 nitrogen and oxygen atoms in total. The third kappa shape index (κ3) is 4.78. The molecule has 0 fully saturated rings. The number of hydrogen-bond donors (Lipinski definition) is 2. The summed E-state index contributed by atoms with van der Waals surface area (Å²) in [5.41, 5.74) is 1.20. The van der Waals surface area contributed by atoms with Crippen LogP contribution in [0, 0.1) is 0 Å². The Balaban J connectivity index is 2.83. The van der Waals surface area contributed by atoms with Crippen molar-refractivity contribution in [3.63, 3.8) is 0 Å². The summed E-state index contributed by atoms with van der Waals surface area (Å²) in [6, 6.07) is 6.66. The van der Waals surface area contributed by atoms with Crippen LogP contribution < -0.4 is 0 Å². The molecule has 6 heteroatoms. The number of ether oxygens (including phenoxy) is 3. The average molecular weight is 298 g/mol. The van der Waals surface area contributed by atoms with Crippen molar-refractivity contribution in [2.75, 3.05) is 20.3 Å². The van der Waals surface area contributed by atoms with E-state index in [9.17, 15) is 15.0 Å². The highest BCUT2D eigenvalue weighted by molar-refractivity contribution is 5.75. The molecule has 0 spiro atoms. The van der Waals surface area contributed by atoms with Crippen molar-refractivity contribution in [2.45, 2.75) is 32.3 Å². The van der Waals surface area contributed by atoms with E-state index in [1.807, 2.05) is 13.8 Å². The SMILES string of the molecule is CCOC(OCC)c1ccc(C(O)C(O)C(=O)OC)cc1. The lowest BCUT2D eigenvalue weighted by Crippen LogP contribution is -2.29. The number of esters is 1. The maximum atomic E-state index is 11.2. The van der Waals surface area contributed by atoms with E-state index in [0.29, 0.717) is 18.8 Å². The van der Waals surface area contributed by atoms with E-state index in [1.165, 1.54) is 0 Å². The molecule has 0 aliphatic heterocycles. The standard InChI is InChI=1S/C15H22O6/c1-4-20-15(21-5-2)11-8-6-10(7-9-11)12(16)13(17)14(18)19-3/h6-9,12-13,15-17H,4-5H2,1-3H3. The van der Waals surface area contributed by atoms with Crippen LogP contribution in [0.3, 0.4) is 0 Å². The van der Waals surface area contributed by atoms with Crippen LogP contribution in [0.2, 0.25) is 0 Å². The summed E-state index contributed by atoms with van der Waals surface area (Å²) in [6.45, 7) is 4.76. The molecule has 0 aliphatic carbocycles. The molecule has 2 N–H and O–H groups in total. The van der Waals surface area contributed by atoms with Crippen LogP contribution in [0.5, 0.6) is 0 Å². The van der Waals surface area contributed by atoms with Crippen molar-refractivity contribution in [3.8, 4) is 0 Å². The first kappa shape index (κ1) is 17.6. The van der Waals surface area contributed by atoms with Gasteiger partial charge in [-0.05, 0) is 19.4 Å². The summed E-state index contributed by atoms with van der Waals surface area (Å²) in [7, 11) is 1.15. The lowest BCUT2D eigenvalue weighted by Gasteiger charge is -2.19. The van der Waals surface area contributed by atoms with Crippen molar-refractivity contribution >= 4 is 5.97 Å². The number of hydrogen-bond acceptors (Lipinski definition) is 6. The molecular formula is C15H22O6. The predicted octanol–water partition coefficient (Wildman–Crippen LogP) is 1.33. The fraction of sp³-hybridized carbons (Fsp3) is 0.533. The van der Waals surface area contributed by atoms with E-state index in [2.05, 4.69) is 4.74 Å². The maximum Gasteiger partial charge on any atom is 0.337 e. The van der Waals surface area contributed by atoms with Crippen molar-refractivity contribution in [2.24, 2.45) is 0 Å². The number of rotatable bonds is 8. The molecule has 1 aromatic rings. The summed E-state index contributed by atoms with van der Waals surface area (Å²) in [4.78, 5) is 11.2. The molecule has 1 aromatic carbocycles. The van der Waals surface area contributed by atoms with Gasteiger partial charge in [0, 0.05) is 18.8 Å². The summed E-state index contributed by atoms with van der Waals surface area (Å²) >= 11 is 0. The third-order valence-corrected chi connectivity index (χ3v) is 2.93. The molecular weight excluding hydrogens is 276 g/mol. The van der Waals surface area contributed by atoms with E-state index in [4.69, 9.17) is 9.47 Å². The normalized spacial score (nSPS) is 14.0. The molecule has 0 radical (unpaired) electrons. The Labute approximate surface area is 124 Å². The molecule has 1 rings (SSSR count). The number of aliphatic hydroxyl groups is 2. The monoisotopic (exact) mass is 298 g/mol. The fourth-order valence-electron chi connectivity index (χ4n) is 1.83. The second kappa shape index (κ2) is 8.74. The van der Waals surface area contributed by atoms with Gasteiger partial charge in [0.05, 0.1) is 7.11 Å². The van der Waals surface area contributed by atoms with Crippen LogP contribution in [0.1, 0.15) is 37.4 Å². The zero-order valence-corrected chi connectivity index (χ0v) is 12.5. The van der Waals surface area contributed by atoms with E-state index >= 15 is 0 Å². The quantitative estimate of drug-likeness (QED) is 0.556. The Bertz CT molecular complexity index is 424. The van der Waals surface area contributed by atoms with E-state index in [1.54, 1.807) is 24.3 Å². The Kier molecular flexibility index (Phi) is 7.31. The molecule has 2 atom stereocenters. The highest BCUT2D eigenvalue weighted by atomic mass is 16.7. The van der Waals surface area contributed by atoms with Gasteiger partial charge in [-0.1, -0.05) is 24.3 Å². The van der Waals surface area contributed by atoms with Gasteiger partial charge in [-0.25, -0.2) is 4.79 Å². The van der Waals surface area contributed by atoms with Crippen molar-refractivity contribution < 1.29 is 29.2 Å². The second-order valence-corrected chi connectivity index (χ2v) is 4.32. The van der Waals surface area contributed by atoms with Gasteiger partial charge >= 0.3 is 5.97 Å². The number of carbonyl (C=O) groups is 1. The van der Waals surface area contributed by atoms with Crippen molar-refractivity contribution in [1.29, 1.82) is 0 Å². The summed E-state index contributed by atoms with van der Waals surface area (Å²) in [5.74, 6) is -0.881. The van der Waals surface area contributed by atoms with Gasteiger partial charge in [-0.15, -0.1) is 0 Å². The fourth-order valence-corrected chi connectivity index (χ4v) is 1.83. The third-order valence-electron chi connectivity index (χ3n) is 2.93. The average Bonchev–Trinajstić information content (AvgIpc) is 2.52.